The number of fused-ring (bicyclic) bond motifs is 1. The fourth-order valence-electron chi connectivity index (χ4n) is 2.33. The Balaban J connectivity index is 2.11. The molecule has 0 spiro atoms. The van der Waals surface area contributed by atoms with Crippen LogP contribution in [0.3, 0.4) is 0 Å². The predicted molar refractivity (Wildman–Crippen MR) is 84.4 cm³/mol. The number of halogens is 1. The van der Waals surface area contributed by atoms with Gasteiger partial charge in [0.25, 0.3) is 0 Å². The van der Waals surface area contributed by atoms with Crippen molar-refractivity contribution < 1.29 is 0 Å². The number of hydrogen-bond donors (Lipinski definition) is 0. The molecule has 0 saturated heterocycles. The summed E-state index contributed by atoms with van der Waals surface area (Å²) < 4.78 is 0. The molecular formula is C17H21Br. The molecule has 2 aromatic carbocycles. The minimum absolute atomic E-state index is 0.589. The van der Waals surface area contributed by atoms with Crippen LogP contribution in [0.1, 0.15) is 32.3 Å². The molecule has 1 heteroatoms. The van der Waals surface area contributed by atoms with E-state index in [0.29, 0.717) is 4.83 Å². The van der Waals surface area contributed by atoms with Gasteiger partial charge >= 0.3 is 0 Å². The third-order valence-electron chi connectivity index (χ3n) is 3.38. The van der Waals surface area contributed by atoms with Gasteiger partial charge in [-0.2, -0.15) is 0 Å². The van der Waals surface area contributed by atoms with Crippen LogP contribution < -0.4 is 0 Å². The molecule has 0 heterocycles. The lowest BCUT2D eigenvalue weighted by Crippen LogP contribution is -2.05. The Morgan fingerprint density at radius 2 is 1.67 bits per heavy atom. The summed E-state index contributed by atoms with van der Waals surface area (Å²) >= 11 is 3.83. The van der Waals surface area contributed by atoms with Crippen molar-refractivity contribution in [1.29, 1.82) is 0 Å². The van der Waals surface area contributed by atoms with Gasteiger partial charge in [0.1, 0.15) is 0 Å². The van der Waals surface area contributed by atoms with Gasteiger partial charge in [0, 0.05) is 4.83 Å². The molecule has 0 bridgehead atoms. The summed E-state index contributed by atoms with van der Waals surface area (Å²) in [6.07, 6.45) is 3.66. The van der Waals surface area contributed by atoms with E-state index in [0.717, 1.165) is 12.3 Å². The quantitative estimate of drug-likeness (QED) is 0.632. The van der Waals surface area contributed by atoms with Crippen molar-refractivity contribution in [2.45, 2.75) is 37.9 Å². The molecule has 0 saturated carbocycles. The van der Waals surface area contributed by atoms with Crippen LogP contribution in [0.4, 0.5) is 0 Å². The molecule has 1 unspecified atom stereocenters. The molecule has 2 aromatic rings. The van der Waals surface area contributed by atoms with Gasteiger partial charge in [0.15, 0.2) is 0 Å². The lowest BCUT2D eigenvalue weighted by molar-refractivity contribution is 0.547. The highest BCUT2D eigenvalue weighted by molar-refractivity contribution is 9.09. The summed E-state index contributed by atoms with van der Waals surface area (Å²) in [4.78, 5) is 0.589. The third-order valence-corrected chi connectivity index (χ3v) is 4.16. The van der Waals surface area contributed by atoms with E-state index in [2.05, 4.69) is 72.2 Å². The average Bonchev–Trinajstić information content (AvgIpc) is 2.37. The highest BCUT2D eigenvalue weighted by atomic mass is 79.9. The van der Waals surface area contributed by atoms with Crippen LogP contribution >= 0.6 is 15.9 Å². The maximum Gasteiger partial charge on any atom is 0.0186 e. The van der Waals surface area contributed by atoms with Crippen molar-refractivity contribution in [3.05, 3.63) is 48.0 Å². The summed E-state index contributed by atoms with van der Waals surface area (Å²) in [5.74, 6) is 0.789. The standard InChI is InChI=1S/C17H21Br/c1-13(2)10-11-16(18)12-15-8-5-7-14-6-3-4-9-17(14)15/h3-9,13,16H,10-12H2,1-2H3. The first-order chi connectivity index (χ1) is 8.66. The van der Waals surface area contributed by atoms with E-state index in [1.54, 1.807) is 0 Å². The van der Waals surface area contributed by atoms with E-state index < -0.39 is 0 Å². The molecule has 0 aliphatic carbocycles. The van der Waals surface area contributed by atoms with Crippen LogP contribution in [-0.2, 0) is 6.42 Å². The van der Waals surface area contributed by atoms with Gasteiger partial charge in [-0.3, -0.25) is 0 Å². The molecule has 0 fully saturated rings. The fourth-order valence-corrected chi connectivity index (χ4v) is 2.94. The topological polar surface area (TPSA) is 0 Å². The normalized spacial score (nSPS) is 13.1. The fraction of sp³-hybridized carbons (Fsp3) is 0.412. The zero-order valence-electron chi connectivity index (χ0n) is 11.2. The van der Waals surface area contributed by atoms with E-state index in [-0.39, 0.29) is 0 Å². The molecule has 0 radical (unpaired) electrons. The second-order valence-corrected chi connectivity index (χ2v) is 6.71. The Hall–Kier alpha value is -0.820. The molecule has 96 valence electrons. The van der Waals surface area contributed by atoms with E-state index in [1.165, 1.54) is 29.2 Å². The second-order valence-electron chi connectivity index (χ2n) is 5.41. The molecule has 2 rings (SSSR count). The van der Waals surface area contributed by atoms with Gasteiger partial charge in [-0.1, -0.05) is 72.2 Å². The molecule has 0 aliphatic heterocycles. The van der Waals surface area contributed by atoms with Crippen LogP contribution in [0.25, 0.3) is 10.8 Å². The molecular weight excluding hydrogens is 284 g/mol. The average molecular weight is 305 g/mol. The van der Waals surface area contributed by atoms with Gasteiger partial charge in [0.05, 0.1) is 0 Å². The van der Waals surface area contributed by atoms with Crippen molar-refractivity contribution in [3.8, 4) is 0 Å². The van der Waals surface area contributed by atoms with Gasteiger partial charge in [-0.05, 0) is 41.5 Å². The van der Waals surface area contributed by atoms with Crippen LogP contribution in [-0.4, -0.2) is 4.83 Å². The first-order valence-corrected chi connectivity index (χ1v) is 7.69. The first-order valence-electron chi connectivity index (χ1n) is 6.77. The third kappa shape index (κ3) is 3.58. The Morgan fingerprint density at radius 3 is 2.44 bits per heavy atom. The summed E-state index contributed by atoms with van der Waals surface area (Å²) in [5.41, 5.74) is 1.46. The summed E-state index contributed by atoms with van der Waals surface area (Å²) in [7, 11) is 0. The summed E-state index contributed by atoms with van der Waals surface area (Å²) in [6, 6.07) is 15.3. The molecule has 0 N–H and O–H groups in total. The molecule has 18 heavy (non-hydrogen) atoms. The molecule has 0 amide bonds. The van der Waals surface area contributed by atoms with Crippen LogP contribution in [0.2, 0.25) is 0 Å². The first kappa shape index (κ1) is 13.6. The summed E-state index contributed by atoms with van der Waals surface area (Å²) in [5, 5.41) is 2.74. The Kier molecular flexibility index (Phi) is 4.82. The Labute approximate surface area is 119 Å². The predicted octanol–water partition coefficient (Wildman–Crippen LogP) is 5.58. The summed E-state index contributed by atoms with van der Waals surface area (Å²) in [6.45, 7) is 4.58. The van der Waals surface area contributed by atoms with Gasteiger partial charge in [-0.25, -0.2) is 0 Å². The Morgan fingerprint density at radius 1 is 0.944 bits per heavy atom. The molecule has 1 atom stereocenters. The van der Waals surface area contributed by atoms with E-state index in [9.17, 15) is 0 Å². The lowest BCUT2D eigenvalue weighted by Gasteiger charge is -2.13. The van der Waals surface area contributed by atoms with Gasteiger partial charge in [0.2, 0.25) is 0 Å². The number of rotatable bonds is 5. The number of hydrogen-bond acceptors (Lipinski definition) is 0. The molecule has 0 aliphatic rings. The van der Waals surface area contributed by atoms with Crippen molar-refractivity contribution in [2.24, 2.45) is 5.92 Å². The van der Waals surface area contributed by atoms with Crippen molar-refractivity contribution in [2.75, 3.05) is 0 Å². The van der Waals surface area contributed by atoms with Gasteiger partial charge in [-0.15, -0.1) is 0 Å². The monoisotopic (exact) mass is 304 g/mol. The number of alkyl halides is 1. The second kappa shape index (κ2) is 6.38. The highest BCUT2D eigenvalue weighted by Crippen LogP contribution is 2.24. The highest BCUT2D eigenvalue weighted by Gasteiger charge is 2.09. The van der Waals surface area contributed by atoms with Crippen LogP contribution in [0, 0.1) is 5.92 Å². The molecule has 0 aromatic heterocycles. The van der Waals surface area contributed by atoms with Crippen molar-refractivity contribution in [1.82, 2.24) is 0 Å². The van der Waals surface area contributed by atoms with Crippen molar-refractivity contribution in [3.63, 3.8) is 0 Å². The minimum atomic E-state index is 0.589. The number of benzene rings is 2. The maximum atomic E-state index is 3.83. The van der Waals surface area contributed by atoms with E-state index >= 15 is 0 Å². The largest absolute Gasteiger partial charge is 0.0887 e. The van der Waals surface area contributed by atoms with Crippen LogP contribution in [0.5, 0.6) is 0 Å². The minimum Gasteiger partial charge on any atom is -0.0887 e. The zero-order chi connectivity index (χ0) is 13.0. The molecule has 0 nitrogen and oxygen atoms in total. The smallest absolute Gasteiger partial charge is 0.0186 e. The van der Waals surface area contributed by atoms with Gasteiger partial charge < -0.3 is 0 Å². The van der Waals surface area contributed by atoms with Crippen LogP contribution in [0.15, 0.2) is 42.5 Å². The Bertz CT molecular complexity index is 496. The zero-order valence-corrected chi connectivity index (χ0v) is 12.8. The van der Waals surface area contributed by atoms with E-state index in [4.69, 9.17) is 0 Å². The maximum absolute atomic E-state index is 3.83. The van der Waals surface area contributed by atoms with Crippen molar-refractivity contribution >= 4 is 26.7 Å². The lowest BCUT2D eigenvalue weighted by atomic mass is 9.98. The van der Waals surface area contributed by atoms with E-state index in [1.807, 2.05) is 0 Å². The SMILES string of the molecule is CC(C)CCC(Br)Cc1cccc2ccccc12.